The van der Waals surface area contributed by atoms with E-state index in [1.54, 1.807) is 0 Å². The van der Waals surface area contributed by atoms with Gasteiger partial charge in [-0.25, -0.2) is 0 Å². The molecule has 0 aromatic carbocycles. The van der Waals surface area contributed by atoms with Crippen LogP contribution < -0.4 is 0 Å². The minimum atomic E-state index is -0.143. The Balaban J connectivity index is 2.01. The molecule has 0 spiro atoms. The van der Waals surface area contributed by atoms with Gasteiger partial charge in [0.15, 0.2) is 0 Å². The van der Waals surface area contributed by atoms with Crippen molar-refractivity contribution in [1.82, 2.24) is 14.7 Å². The quantitative estimate of drug-likeness (QED) is 0.753. The average molecular weight is 314 g/mol. The second-order valence-electron chi connectivity index (χ2n) is 6.58. The molecule has 1 saturated heterocycles. The van der Waals surface area contributed by atoms with E-state index in [1.807, 2.05) is 0 Å². The van der Waals surface area contributed by atoms with Gasteiger partial charge in [0.05, 0.1) is 23.4 Å². The molecule has 21 heavy (non-hydrogen) atoms. The molecule has 2 heterocycles. The molecular weight excluding hydrogens is 286 g/mol. The number of alkyl halides is 1. The maximum Gasteiger partial charge on any atom is 0.0845 e. The average Bonchev–Trinajstić information content (AvgIpc) is 2.86. The van der Waals surface area contributed by atoms with Gasteiger partial charge < -0.3 is 4.74 Å². The Kier molecular flexibility index (Phi) is 5.69. The third-order valence-corrected chi connectivity index (χ3v) is 4.43. The van der Waals surface area contributed by atoms with Gasteiger partial charge in [-0.3, -0.25) is 9.58 Å². The highest BCUT2D eigenvalue weighted by atomic mass is 35.5. The van der Waals surface area contributed by atoms with E-state index in [-0.39, 0.29) is 11.7 Å². The first-order chi connectivity index (χ1) is 9.97. The number of aromatic nitrogens is 2. The Bertz CT molecular complexity index is 442. The molecular formula is C16H28ClN3O. The Morgan fingerprint density at radius 2 is 2.14 bits per heavy atom. The Morgan fingerprint density at radius 1 is 1.43 bits per heavy atom. The van der Waals surface area contributed by atoms with Gasteiger partial charge in [-0.05, 0) is 32.8 Å². The lowest BCUT2D eigenvalue weighted by Gasteiger charge is -2.42. The second kappa shape index (κ2) is 7.12. The van der Waals surface area contributed by atoms with Crippen LogP contribution in [0, 0.1) is 0 Å². The summed E-state index contributed by atoms with van der Waals surface area (Å²) in [4.78, 5) is 2.40. The standard InChI is InChI=1S/C16H28ClN3O/c1-5-14(6-2)20-8-7-13(18-20)10-19-11-15(9-17)21-16(3,4)12-19/h7-8,14-15H,5-6,9-12H2,1-4H3. The summed E-state index contributed by atoms with van der Waals surface area (Å²) in [6.45, 7) is 11.3. The van der Waals surface area contributed by atoms with Gasteiger partial charge in [-0.15, -0.1) is 11.6 Å². The van der Waals surface area contributed by atoms with Crippen molar-refractivity contribution in [3.8, 4) is 0 Å². The molecule has 4 nitrogen and oxygen atoms in total. The molecule has 0 radical (unpaired) electrons. The summed E-state index contributed by atoms with van der Waals surface area (Å²) < 4.78 is 8.08. The summed E-state index contributed by atoms with van der Waals surface area (Å²) in [5, 5.41) is 4.75. The molecule has 1 aromatic heterocycles. The molecule has 2 rings (SSSR count). The van der Waals surface area contributed by atoms with Crippen molar-refractivity contribution in [3.05, 3.63) is 18.0 Å². The molecule has 1 fully saturated rings. The lowest BCUT2D eigenvalue weighted by molar-refractivity contribution is -0.129. The van der Waals surface area contributed by atoms with E-state index in [0.29, 0.717) is 11.9 Å². The maximum atomic E-state index is 5.99. The maximum absolute atomic E-state index is 5.99. The molecule has 0 aliphatic carbocycles. The highest BCUT2D eigenvalue weighted by molar-refractivity contribution is 6.18. The minimum absolute atomic E-state index is 0.108. The van der Waals surface area contributed by atoms with Crippen molar-refractivity contribution in [2.45, 2.75) is 64.8 Å². The number of nitrogens with zero attached hydrogens (tertiary/aromatic N) is 3. The molecule has 120 valence electrons. The van der Waals surface area contributed by atoms with Gasteiger partial charge in [0.25, 0.3) is 0 Å². The summed E-state index contributed by atoms with van der Waals surface area (Å²) in [5.74, 6) is 0.544. The second-order valence-corrected chi connectivity index (χ2v) is 6.89. The van der Waals surface area contributed by atoms with E-state index in [1.165, 1.54) is 0 Å². The molecule has 1 unspecified atom stereocenters. The first-order valence-corrected chi connectivity index (χ1v) is 8.51. The van der Waals surface area contributed by atoms with Crippen molar-refractivity contribution in [1.29, 1.82) is 0 Å². The van der Waals surface area contributed by atoms with Gasteiger partial charge in [0.1, 0.15) is 0 Å². The fourth-order valence-electron chi connectivity index (χ4n) is 3.17. The van der Waals surface area contributed by atoms with Crippen molar-refractivity contribution >= 4 is 11.6 Å². The van der Waals surface area contributed by atoms with Crippen LogP contribution in [0.5, 0.6) is 0 Å². The molecule has 0 amide bonds. The molecule has 1 aromatic rings. The SMILES string of the molecule is CCC(CC)n1ccc(CN2CC(CCl)OC(C)(C)C2)n1. The summed E-state index contributed by atoms with van der Waals surface area (Å²) in [5.41, 5.74) is 0.989. The van der Waals surface area contributed by atoms with E-state index in [2.05, 4.69) is 49.5 Å². The van der Waals surface area contributed by atoms with Crippen LogP contribution in [-0.4, -0.2) is 45.4 Å². The molecule has 1 atom stereocenters. The van der Waals surface area contributed by atoms with Crippen molar-refractivity contribution in [2.24, 2.45) is 0 Å². The zero-order valence-corrected chi connectivity index (χ0v) is 14.4. The van der Waals surface area contributed by atoms with Gasteiger partial charge in [0.2, 0.25) is 0 Å². The molecule has 0 N–H and O–H groups in total. The number of morpholine rings is 1. The Hall–Kier alpha value is -0.580. The Morgan fingerprint density at radius 3 is 2.76 bits per heavy atom. The van der Waals surface area contributed by atoms with Crippen molar-refractivity contribution < 1.29 is 4.74 Å². The third-order valence-electron chi connectivity index (χ3n) is 4.09. The molecule has 0 bridgehead atoms. The highest BCUT2D eigenvalue weighted by Gasteiger charge is 2.33. The van der Waals surface area contributed by atoms with E-state index in [0.717, 1.165) is 38.2 Å². The lowest BCUT2D eigenvalue weighted by atomic mass is 10.1. The van der Waals surface area contributed by atoms with Gasteiger partial charge in [0, 0.05) is 31.7 Å². The van der Waals surface area contributed by atoms with E-state index >= 15 is 0 Å². The van der Waals surface area contributed by atoms with Crippen LogP contribution in [0.15, 0.2) is 12.3 Å². The van der Waals surface area contributed by atoms with Crippen LogP contribution in [0.25, 0.3) is 0 Å². The molecule has 1 aliphatic heterocycles. The predicted molar refractivity (Wildman–Crippen MR) is 86.8 cm³/mol. The topological polar surface area (TPSA) is 30.3 Å². The minimum Gasteiger partial charge on any atom is -0.368 e. The largest absolute Gasteiger partial charge is 0.368 e. The zero-order chi connectivity index (χ0) is 15.5. The van der Waals surface area contributed by atoms with Crippen molar-refractivity contribution in [2.75, 3.05) is 19.0 Å². The number of rotatable bonds is 6. The van der Waals surface area contributed by atoms with E-state index in [4.69, 9.17) is 21.4 Å². The number of hydrogen-bond acceptors (Lipinski definition) is 3. The third kappa shape index (κ3) is 4.44. The fourth-order valence-corrected chi connectivity index (χ4v) is 3.34. The monoisotopic (exact) mass is 313 g/mol. The molecule has 5 heteroatoms. The van der Waals surface area contributed by atoms with Crippen LogP contribution in [-0.2, 0) is 11.3 Å². The molecule has 1 aliphatic rings. The highest BCUT2D eigenvalue weighted by Crippen LogP contribution is 2.23. The smallest absolute Gasteiger partial charge is 0.0845 e. The fraction of sp³-hybridized carbons (Fsp3) is 0.812. The van der Waals surface area contributed by atoms with Crippen LogP contribution in [0.3, 0.4) is 0 Å². The number of ether oxygens (including phenoxy) is 1. The van der Waals surface area contributed by atoms with Crippen molar-refractivity contribution in [3.63, 3.8) is 0 Å². The van der Waals surface area contributed by atoms with Crippen LogP contribution >= 0.6 is 11.6 Å². The first kappa shape index (κ1) is 16.8. The van der Waals surface area contributed by atoms with Crippen LogP contribution in [0.2, 0.25) is 0 Å². The summed E-state index contributed by atoms with van der Waals surface area (Å²) in [6.07, 6.45) is 4.46. The van der Waals surface area contributed by atoms with Crippen LogP contribution in [0.1, 0.15) is 52.3 Å². The normalized spacial score (nSPS) is 22.9. The summed E-state index contributed by atoms with van der Waals surface area (Å²) in [7, 11) is 0. The van der Waals surface area contributed by atoms with E-state index in [9.17, 15) is 0 Å². The number of hydrogen-bond donors (Lipinski definition) is 0. The summed E-state index contributed by atoms with van der Waals surface area (Å²) >= 11 is 5.99. The van der Waals surface area contributed by atoms with Crippen LogP contribution in [0.4, 0.5) is 0 Å². The van der Waals surface area contributed by atoms with Gasteiger partial charge >= 0.3 is 0 Å². The summed E-state index contributed by atoms with van der Waals surface area (Å²) in [6, 6.07) is 2.65. The molecule has 0 saturated carbocycles. The van der Waals surface area contributed by atoms with Gasteiger partial charge in [-0.1, -0.05) is 13.8 Å². The van der Waals surface area contributed by atoms with E-state index < -0.39 is 0 Å². The number of halogens is 1. The zero-order valence-electron chi connectivity index (χ0n) is 13.7. The Labute approximate surface area is 133 Å². The lowest BCUT2D eigenvalue weighted by Crippen LogP contribution is -2.52. The first-order valence-electron chi connectivity index (χ1n) is 7.97. The van der Waals surface area contributed by atoms with Gasteiger partial charge in [-0.2, -0.15) is 5.10 Å². The predicted octanol–water partition coefficient (Wildman–Crippen LogP) is 3.46.